The van der Waals surface area contributed by atoms with Gasteiger partial charge in [0.15, 0.2) is 5.69 Å². The quantitative estimate of drug-likeness (QED) is 0.0626. The number of ether oxygens (including phenoxy) is 1. The zero-order valence-corrected chi connectivity index (χ0v) is 35.2. The maximum atomic E-state index is 15.7. The van der Waals surface area contributed by atoms with Crippen molar-refractivity contribution in [3.05, 3.63) is 144 Å². The Kier molecular flexibility index (Phi) is 9.90. The fourth-order valence-corrected chi connectivity index (χ4v) is 10.9. The van der Waals surface area contributed by atoms with E-state index in [2.05, 4.69) is 5.43 Å². The number of nitrogens with zero attached hydrogens (tertiary/aromatic N) is 5. The number of amides is 4. The largest absolute Gasteiger partial charge is 0.507 e. The van der Waals surface area contributed by atoms with Crippen LogP contribution >= 0.6 is 23.2 Å². The average molecular weight is 892 g/mol. The number of hydrogen-bond donors (Lipinski definition) is 2. The van der Waals surface area contributed by atoms with E-state index in [1.807, 2.05) is 12.1 Å². The lowest BCUT2D eigenvalue weighted by molar-refractivity contribution is -0.392. The molecule has 5 aromatic rings. The van der Waals surface area contributed by atoms with Crippen molar-refractivity contribution in [1.29, 1.82) is 0 Å². The predicted octanol–water partition coefficient (Wildman–Crippen LogP) is 7.93. The SMILES string of the molecule is COc1ccc([C@@]23C(=O)N(Nc4ccc(Cl)cc4Cl)C(=O)[C@@H]2C[C@@H]2C(=CC[C@@H]4C(=O)N(c5cc([N+](=O)[O-])c(N(C)C)c([N+](=O)[O-])c5)C(=O)[C@@H]42)[C@@H]3c2ccc3ccccc3c2O)cc1. The molecule has 2 N–H and O–H groups in total. The third-order valence-electron chi connectivity index (χ3n) is 13.0. The minimum Gasteiger partial charge on any atom is -0.507 e. The summed E-state index contributed by atoms with van der Waals surface area (Å²) in [6.07, 6.45) is 1.62. The van der Waals surface area contributed by atoms with Gasteiger partial charge in [-0.2, -0.15) is 5.01 Å². The first-order valence-electron chi connectivity index (χ1n) is 19.8. The molecule has 2 heterocycles. The molecule has 2 aliphatic heterocycles. The number of hydrogen-bond acceptors (Lipinski definition) is 12. The highest BCUT2D eigenvalue weighted by atomic mass is 35.5. The summed E-state index contributed by atoms with van der Waals surface area (Å²) in [4.78, 5) is 85.3. The number of methoxy groups -OCH3 is 1. The number of hydrazine groups is 1. The Morgan fingerprint density at radius 2 is 1.54 bits per heavy atom. The zero-order valence-electron chi connectivity index (χ0n) is 33.7. The number of imide groups is 2. The fourth-order valence-electron chi connectivity index (χ4n) is 10.4. The van der Waals surface area contributed by atoms with Crippen molar-refractivity contribution in [3.8, 4) is 11.5 Å². The Bertz CT molecular complexity index is 2850. The number of phenolic OH excluding ortho intramolecular Hbond substituents is 1. The number of phenols is 1. The molecule has 0 radical (unpaired) electrons. The van der Waals surface area contributed by atoms with E-state index in [-0.39, 0.29) is 46.2 Å². The number of fused-ring (bicyclic) bond motifs is 5. The molecule has 0 bridgehead atoms. The lowest BCUT2D eigenvalue weighted by Crippen LogP contribution is -2.53. The maximum absolute atomic E-state index is 15.7. The Hall–Kier alpha value is -7.04. The van der Waals surface area contributed by atoms with Crippen LogP contribution in [-0.4, -0.2) is 64.8 Å². The number of allylic oxidation sites excluding steroid dienone is 2. The number of nitro groups is 2. The molecule has 320 valence electrons. The number of carbonyl (C=O) groups is 4. The van der Waals surface area contributed by atoms with Crippen LogP contribution in [0.5, 0.6) is 11.5 Å². The van der Waals surface area contributed by atoms with Crippen LogP contribution in [-0.2, 0) is 24.6 Å². The number of benzene rings is 5. The molecule has 63 heavy (non-hydrogen) atoms. The van der Waals surface area contributed by atoms with Gasteiger partial charge in [0.25, 0.3) is 11.8 Å². The minimum atomic E-state index is -1.78. The van der Waals surface area contributed by atoms with Crippen molar-refractivity contribution in [1.82, 2.24) is 5.01 Å². The second-order valence-corrected chi connectivity index (χ2v) is 17.0. The summed E-state index contributed by atoms with van der Waals surface area (Å²) in [6.45, 7) is 0. The summed E-state index contributed by atoms with van der Waals surface area (Å²) in [5, 5.41) is 39.4. The van der Waals surface area contributed by atoms with Crippen molar-refractivity contribution in [2.75, 3.05) is 36.4 Å². The number of nitrogens with one attached hydrogen (secondary N) is 1. The van der Waals surface area contributed by atoms with Gasteiger partial charge in [-0.05, 0) is 60.0 Å². The highest BCUT2D eigenvalue weighted by Gasteiger charge is 2.71. The van der Waals surface area contributed by atoms with Crippen LogP contribution in [0.3, 0.4) is 0 Å². The molecule has 1 saturated carbocycles. The van der Waals surface area contributed by atoms with Gasteiger partial charge in [0.2, 0.25) is 11.8 Å². The predicted molar refractivity (Wildman–Crippen MR) is 233 cm³/mol. The van der Waals surface area contributed by atoms with E-state index in [0.29, 0.717) is 32.7 Å². The van der Waals surface area contributed by atoms with Gasteiger partial charge in [0.05, 0.1) is 56.5 Å². The summed E-state index contributed by atoms with van der Waals surface area (Å²) in [6, 6.07) is 23.8. The minimum absolute atomic E-state index is 0.0315. The third kappa shape index (κ3) is 6.10. The van der Waals surface area contributed by atoms with Crippen molar-refractivity contribution >= 4 is 86.0 Å². The maximum Gasteiger partial charge on any atom is 0.301 e. The number of rotatable bonds is 9. The van der Waals surface area contributed by atoms with Crippen molar-refractivity contribution in [2.24, 2.45) is 23.7 Å². The summed E-state index contributed by atoms with van der Waals surface area (Å²) < 4.78 is 5.47. The average Bonchev–Trinajstić information content (AvgIpc) is 3.64. The van der Waals surface area contributed by atoms with E-state index >= 15 is 9.59 Å². The Labute approximate surface area is 368 Å². The van der Waals surface area contributed by atoms with Crippen molar-refractivity contribution in [3.63, 3.8) is 0 Å². The van der Waals surface area contributed by atoms with E-state index in [1.54, 1.807) is 54.6 Å². The lowest BCUT2D eigenvalue weighted by Gasteiger charge is -2.50. The van der Waals surface area contributed by atoms with E-state index in [1.165, 1.54) is 44.3 Å². The molecule has 4 aliphatic rings. The highest BCUT2D eigenvalue weighted by Crippen LogP contribution is 2.65. The molecular weight excluding hydrogens is 855 g/mol. The van der Waals surface area contributed by atoms with Crippen LogP contribution in [0, 0.1) is 43.9 Å². The molecule has 6 atom stereocenters. The van der Waals surface area contributed by atoms with Crippen LogP contribution < -0.4 is 20.0 Å². The van der Waals surface area contributed by atoms with Gasteiger partial charge in [-0.25, -0.2) is 4.90 Å². The molecule has 9 rings (SSSR count). The van der Waals surface area contributed by atoms with Crippen LogP contribution in [0.1, 0.15) is 29.9 Å². The zero-order chi connectivity index (χ0) is 44.8. The molecule has 0 unspecified atom stereocenters. The first-order chi connectivity index (χ1) is 30.1. The number of anilines is 3. The monoisotopic (exact) mass is 890 g/mol. The number of nitro benzene ring substituents is 2. The summed E-state index contributed by atoms with van der Waals surface area (Å²) in [5.74, 6) is -8.00. The molecule has 2 saturated heterocycles. The number of aromatic hydroxyl groups is 1. The van der Waals surface area contributed by atoms with Crippen molar-refractivity contribution < 1.29 is 38.9 Å². The van der Waals surface area contributed by atoms with Gasteiger partial charge < -0.3 is 14.7 Å². The normalized spacial score (nSPS) is 23.9. The van der Waals surface area contributed by atoms with Gasteiger partial charge in [-0.15, -0.1) is 0 Å². The molecule has 0 aromatic heterocycles. The molecule has 18 heteroatoms. The Balaban J connectivity index is 1.26. The van der Waals surface area contributed by atoms with Crippen LogP contribution in [0.4, 0.5) is 28.4 Å². The van der Waals surface area contributed by atoms with Crippen LogP contribution in [0.15, 0.2) is 103 Å². The molecule has 2 aliphatic carbocycles. The summed E-state index contributed by atoms with van der Waals surface area (Å²) in [7, 11) is 4.29. The molecule has 16 nitrogen and oxygen atoms in total. The topological polar surface area (TPSA) is 206 Å². The van der Waals surface area contributed by atoms with Gasteiger partial charge in [-0.3, -0.25) is 44.8 Å². The molecule has 0 spiro atoms. The standard InChI is InChI=1S/C45H36Cl2N6O10/c1-49(2)39-35(52(59)60)19-25(20-36(39)53(61)62)50-41(55)29-16-15-28-31(37(29)43(50)57)21-32-42(56)51(48-34-17-11-24(46)18-33(34)47)44(58)45(32,23-9-12-26(63-3)13-10-23)38(28)30-14-8-22-6-4-5-7-27(22)40(30)54/h4-15,17-20,29,31-32,37-38,48,54H,16,21H2,1-3H3/t29-,31+,32-,37-,38+,45+/m0/s1. The fraction of sp³-hybridized carbons (Fsp3) is 0.244. The van der Waals surface area contributed by atoms with E-state index in [4.69, 9.17) is 27.9 Å². The second-order valence-electron chi connectivity index (χ2n) is 16.2. The number of carbonyl (C=O) groups excluding carboxylic acids is 4. The van der Waals surface area contributed by atoms with Gasteiger partial charge in [0.1, 0.15) is 11.5 Å². The van der Waals surface area contributed by atoms with Gasteiger partial charge in [0, 0.05) is 48.1 Å². The highest BCUT2D eigenvalue weighted by molar-refractivity contribution is 6.36. The Morgan fingerprint density at radius 1 is 0.857 bits per heavy atom. The molecular formula is C45H36Cl2N6O10. The van der Waals surface area contributed by atoms with E-state index in [0.717, 1.165) is 22.0 Å². The first kappa shape index (κ1) is 41.3. The molecule has 4 amide bonds. The third-order valence-corrected chi connectivity index (χ3v) is 13.5. The van der Waals surface area contributed by atoms with Crippen LogP contribution in [0.25, 0.3) is 10.8 Å². The summed E-state index contributed by atoms with van der Waals surface area (Å²) in [5.41, 5.74) is 0.529. The van der Waals surface area contributed by atoms with Gasteiger partial charge >= 0.3 is 11.4 Å². The second kappa shape index (κ2) is 15.1. The van der Waals surface area contributed by atoms with E-state index < -0.39 is 79.9 Å². The van der Waals surface area contributed by atoms with E-state index in [9.17, 15) is 34.9 Å². The van der Waals surface area contributed by atoms with Crippen molar-refractivity contribution in [2.45, 2.75) is 24.2 Å². The smallest absolute Gasteiger partial charge is 0.301 e. The number of halogens is 2. The van der Waals surface area contributed by atoms with Gasteiger partial charge in [-0.1, -0.05) is 83.4 Å². The lowest BCUT2D eigenvalue weighted by atomic mass is 9.49. The van der Waals surface area contributed by atoms with Crippen LogP contribution in [0.2, 0.25) is 10.0 Å². The molecule has 3 fully saturated rings. The first-order valence-corrected chi connectivity index (χ1v) is 20.5. The summed E-state index contributed by atoms with van der Waals surface area (Å²) >= 11 is 12.8. The molecule has 5 aromatic carbocycles. The Morgan fingerprint density at radius 3 is 2.17 bits per heavy atom.